The van der Waals surface area contributed by atoms with E-state index < -0.39 is 22.2 Å². The zero-order chi connectivity index (χ0) is 9.56. The molecule has 12 heavy (non-hydrogen) atoms. The predicted octanol–water partition coefficient (Wildman–Crippen LogP) is -2.13. The lowest BCUT2D eigenvalue weighted by molar-refractivity contribution is -0.119. The Bertz CT molecular complexity index is 224. The van der Waals surface area contributed by atoms with E-state index in [2.05, 4.69) is 5.32 Å². The maximum atomic E-state index is 10.7. The van der Waals surface area contributed by atoms with Crippen LogP contribution in [-0.4, -0.2) is 38.2 Å². The highest BCUT2D eigenvalue weighted by Gasteiger charge is 2.17. The Hall–Kier alpha value is -0.970. The molecule has 0 saturated carbocycles. The zero-order valence-corrected chi connectivity index (χ0v) is 6.84. The number of hydrogen-bond acceptors (Lipinski definition) is 5. The molecule has 0 saturated heterocycles. The van der Waals surface area contributed by atoms with Gasteiger partial charge in [-0.1, -0.05) is 0 Å². The molecule has 0 aliphatic rings. The summed E-state index contributed by atoms with van der Waals surface area (Å²) in [6, 6.07) is 1.30. The second kappa shape index (κ2) is 5.65. The normalized spacial score (nSPS) is 14.4. The number of aliphatic hydroxyl groups excluding tert-OH is 1. The molecule has 0 radical (unpaired) electrons. The van der Waals surface area contributed by atoms with Crippen molar-refractivity contribution in [1.82, 2.24) is 5.32 Å². The summed E-state index contributed by atoms with van der Waals surface area (Å²) in [6.07, 6.45) is 0. The standard InChI is InChI=1S/C5H8N2O4S/c6-3-4(12(10)11)5(9)7-1-2-8/h4,8H,1-2H2,(H,7,9)(H,10,11)/p-1. The van der Waals surface area contributed by atoms with Gasteiger partial charge in [0.15, 0.2) is 5.25 Å². The first-order valence-corrected chi connectivity index (χ1v) is 4.13. The molecule has 0 aliphatic heterocycles. The third-order valence-electron chi connectivity index (χ3n) is 0.959. The molecule has 0 bridgehead atoms. The molecule has 0 heterocycles. The Morgan fingerprint density at radius 3 is 2.75 bits per heavy atom. The summed E-state index contributed by atoms with van der Waals surface area (Å²) >= 11 is -2.74. The van der Waals surface area contributed by atoms with Crippen molar-refractivity contribution in [2.75, 3.05) is 13.2 Å². The summed E-state index contributed by atoms with van der Waals surface area (Å²) in [4.78, 5) is 10.7. The maximum Gasteiger partial charge on any atom is 0.249 e. The second-order valence-electron chi connectivity index (χ2n) is 1.78. The monoisotopic (exact) mass is 191 g/mol. The minimum absolute atomic E-state index is 0.0613. The molecule has 6 nitrogen and oxygen atoms in total. The number of carbonyl (C=O) groups is 1. The van der Waals surface area contributed by atoms with Crippen LogP contribution >= 0.6 is 0 Å². The van der Waals surface area contributed by atoms with Crippen LogP contribution in [-0.2, 0) is 15.9 Å². The molecule has 0 rings (SSSR count). The molecule has 1 amide bonds. The minimum Gasteiger partial charge on any atom is -0.771 e. The van der Waals surface area contributed by atoms with Crippen molar-refractivity contribution in [3.05, 3.63) is 0 Å². The van der Waals surface area contributed by atoms with Gasteiger partial charge in [-0.15, -0.1) is 0 Å². The molecular formula is C5H7N2O4S-. The van der Waals surface area contributed by atoms with Crippen molar-refractivity contribution in [3.63, 3.8) is 0 Å². The van der Waals surface area contributed by atoms with E-state index in [0.717, 1.165) is 0 Å². The van der Waals surface area contributed by atoms with Gasteiger partial charge < -0.3 is 15.0 Å². The van der Waals surface area contributed by atoms with Gasteiger partial charge in [-0.3, -0.25) is 9.00 Å². The Kier molecular flexibility index (Phi) is 5.19. The Labute approximate surface area is 71.5 Å². The fraction of sp³-hybridized carbons (Fsp3) is 0.600. The number of aliphatic hydroxyl groups is 1. The van der Waals surface area contributed by atoms with Crippen molar-refractivity contribution >= 4 is 17.0 Å². The third kappa shape index (κ3) is 3.43. The van der Waals surface area contributed by atoms with E-state index >= 15 is 0 Å². The van der Waals surface area contributed by atoms with Gasteiger partial charge in [-0.25, -0.2) is 0 Å². The van der Waals surface area contributed by atoms with E-state index in [4.69, 9.17) is 10.4 Å². The molecule has 7 heteroatoms. The van der Waals surface area contributed by atoms with E-state index in [0.29, 0.717) is 0 Å². The minimum atomic E-state index is -2.74. The molecule has 68 valence electrons. The molecule has 0 fully saturated rings. The highest BCUT2D eigenvalue weighted by atomic mass is 32.2. The fourth-order valence-electron chi connectivity index (χ4n) is 0.461. The number of hydrogen-bond donors (Lipinski definition) is 2. The molecule has 2 atom stereocenters. The number of amides is 1. The van der Waals surface area contributed by atoms with Crippen LogP contribution in [0.1, 0.15) is 0 Å². The van der Waals surface area contributed by atoms with Crippen molar-refractivity contribution in [2.45, 2.75) is 5.25 Å². The van der Waals surface area contributed by atoms with Crippen molar-refractivity contribution in [3.8, 4) is 6.07 Å². The Balaban J connectivity index is 4.07. The predicted molar refractivity (Wildman–Crippen MR) is 38.4 cm³/mol. The van der Waals surface area contributed by atoms with Gasteiger partial charge in [0.1, 0.15) is 0 Å². The molecular weight excluding hydrogens is 184 g/mol. The smallest absolute Gasteiger partial charge is 0.249 e. The largest absolute Gasteiger partial charge is 0.771 e. The molecule has 0 spiro atoms. The summed E-state index contributed by atoms with van der Waals surface area (Å²) in [6.45, 7) is -0.358. The maximum absolute atomic E-state index is 10.7. The first-order valence-electron chi connectivity index (χ1n) is 2.99. The summed E-state index contributed by atoms with van der Waals surface area (Å²) in [5.74, 6) is -0.917. The van der Waals surface area contributed by atoms with Crippen LogP contribution in [0.3, 0.4) is 0 Å². The molecule has 0 aromatic carbocycles. The lowest BCUT2D eigenvalue weighted by Gasteiger charge is -2.11. The highest BCUT2D eigenvalue weighted by Crippen LogP contribution is 1.90. The van der Waals surface area contributed by atoms with Crippen LogP contribution < -0.4 is 5.32 Å². The van der Waals surface area contributed by atoms with Crippen molar-refractivity contribution in [1.29, 1.82) is 5.26 Å². The van der Waals surface area contributed by atoms with E-state index in [1.54, 1.807) is 0 Å². The number of nitrogens with one attached hydrogen (secondary N) is 1. The van der Waals surface area contributed by atoms with Crippen LogP contribution in [0.25, 0.3) is 0 Å². The number of nitrogens with zero attached hydrogens (tertiary/aromatic N) is 1. The molecule has 0 aromatic heterocycles. The molecule has 2 unspecified atom stereocenters. The lowest BCUT2D eigenvalue weighted by Crippen LogP contribution is -2.37. The van der Waals surface area contributed by atoms with Crippen LogP contribution in [0.15, 0.2) is 0 Å². The van der Waals surface area contributed by atoms with Gasteiger partial charge in [-0.2, -0.15) is 5.26 Å². The summed E-state index contributed by atoms with van der Waals surface area (Å²) < 4.78 is 20.4. The van der Waals surface area contributed by atoms with Gasteiger partial charge >= 0.3 is 0 Å². The number of carbonyl (C=O) groups excluding carboxylic acids is 1. The van der Waals surface area contributed by atoms with Gasteiger partial charge in [0.05, 0.1) is 12.7 Å². The van der Waals surface area contributed by atoms with E-state index in [1.165, 1.54) is 6.07 Å². The number of nitriles is 1. The first kappa shape index (κ1) is 11.0. The SMILES string of the molecule is N#CC(C(=O)NCCO)S(=O)[O-]. The molecule has 2 N–H and O–H groups in total. The summed E-state index contributed by atoms with van der Waals surface area (Å²) in [5.41, 5.74) is 0. The van der Waals surface area contributed by atoms with Crippen LogP contribution in [0.4, 0.5) is 0 Å². The van der Waals surface area contributed by atoms with Crippen LogP contribution in [0.5, 0.6) is 0 Å². The molecule has 0 aliphatic carbocycles. The molecule has 0 aromatic rings. The van der Waals surface area contributed by atoms with Crippen molar-refractivity contribution < 1.29 is 18.7 Å². The van der Waals surface area contributed by atoms with Crippen LogP contribution in [0.2, 0.25) is 0 Å². The van der Waals surface area contributed by atoms with E-state index in [9.17, 15) is 13.6 Å². The average Bonchev–Trinajstić information content (AvgIpc) is 2.01. The second-order valence-corrected chi connectivity index (χ2v) is 2.78. The summed E-state index contributed by atoms with van der Waals surface area (Å²) in [5, 5.41) is 16.8. The fourth-order valence-corrected chi connectivity index (χ4v) is 0.805. The van der Waals surface area contributed by atoms with Crippen LogP contribution in [0, 0.1) is 11.3 Å². The zero-order valence-electron chi connectivity index (χ0n) is 6.02. The van der Waals surface area contributed by atoms with E-state index in [-0.39, 0.29) is 13.2 Å². The summed E-state index contributed by atoms with van der Waals surface area (Å²) in [7, 11) is 0. The lowest BCUT2D eigenvalue weighted by atomic mass is 10.4. The topological polar surface area (TPSA) is 113 Å². The first-order chi connectivity index (χ1) is 5.63. The number of rotatable bonds is 4. The highest BCUT2D eigenvalue weighted by molar-refractivity contribution is 7.81. The quantitative estimate of drug-likeness (QED) is 0.492. The van der Waals surface area contributed by atoms with E-state index in [1.807, 2.05) is 0 Å². The average molecular weight is 191 g/mol. The van der Waals surface area contributed by atoms with Gasteiger partial charge in [0, 0.05) is 6.54 Å². The third-order valence-corrected chi connectivity index (χ3v) is 1.66. The van der Waals surface area contributed by atoms with Gasteiger partial charge in [0.2, 0.25) is 5.91 Å². The Morgan fingerprint density at radius 1 is 1.83 bits per heavy atom. The van der Waals surface area contributed by atoms with Gasteiger partial charge in [-0.05, 0) is 11.1 Å². The van der Waals surface area contributed by atoms with Gasteiger partial charge in [0.25, 0.3) is 0 Å². The Morgan fingerprint density at radius 2 is 2.42 bits per heavy atom. The van der Waals surface area contributed by atoms with Crippen molar-refractivity contribution in [2.24, 2.45) is 0 Å².